The lowest BCUT2D eigenvalue weighted by atomic mass is 9.83. The summed E-state index contributed by atoms with van der Waals surface area (Å²) in [5.74, 6) is -0.0936. The standard InChI is InChI=1S/C31H33FN2O2/c32-29-13-7-12-26(20-29)30(35)34-21-27(25-10-5-2-6-11-25)19-28(22-34)31(36)33-16-14-24(15-17-33)18-23-8-3-1-4-9-23/h1-13,20,24,27-28H,14-19,21-22H2. The van der Waals surface area contributed by atoms with Crippen LogP contribution in [0.3, 0.4) is 0 Å². The maximum Gasteiger partial charge on any atom is 0.253 e. The molecule has 0 aliphatic carbocycles. The van der Waals surface area contributed by atoms with E-state index >= 15 is 0 Å². The van der Waals surface area contributed by atoms with Crippen molar-refractivity contribution in [3.05, 3.63) is 107 Å². The van der Waals surface area contributed by atoms with Crippen LogP contribution in [0.1, 0.15) is 46.7 Å². The minimum Gasteiger partial charge on any atom is -0.342 e. The maximum atomic E-state index is 13.8. The number of piperidine rings is 2. The van der Waals surface area contributed by atoms with Gasteiger partial charge in [-0.1, -0.05) is 66.7 Å². The van der Waals surface area contributed by atoms with Crippen molar-refractivity contribution < 1.29 is 14.0 Å². The Labute approximate surface area is 212 Å². The fourth-order valence-corrected chi connectivity index (χ4v) is 5.78. The van der Waals surface area contributed by atoms with Gasteiger partial charge in [-0.15, -0.1) is 0 Å². The number of hydrogen-bond acceptors (Lipinski definition) is 2. The number of carbonyl (C=O) groups is 2. The number of amides is 2. The third-order valence-corrected chi connectivity index (χ3v) is 7.72. The van der Waals surface area contributed by atoms with Gasteiger partial charge in [-0.2, -0.15) is 0 Å². The van der Waals surface area contributed by atoms with E-state index in [1.54, 1.807) is 17.0 Å². The van der Waals surface area contributed by atoms with Crippen molar-refractivity contribution >= 4 is 11.8 Å². The first-order valence-electron chi connectivity index (χ1n) is 13.0. The summed E-state index contributed by atoms with van der Waals surface area (Å²) in [5.41, 5.74) is 2.82. The normalized spacial score (nSPS) is 20.8. The highest BCUT2D eigenvalue weighted by atomic mass is 19.1. The van der Waals surface area contributed by atoms with Crippen molar-refractivity contribution in [2.45, 2.75) is 31.6 Å². The molecule has 0 N–H and O–H groups in total. The molecule has 4 nitrogen and oxygen atoms in total. The van der Waals surface area contributed by atoms with Gasteiger partial charge >= 0.3 is 0 Å². The fraction of sp³-hybridized carbons (Fsp3) is 0.355. The molecule has 2 aliphatic rings. The Morgan fingerprint density at radius 2 is 1.50 bits per heavy atom. The SMILES string of the molecule is O=C(c1cccc(F)c1)N1CC(C(=O)N2CCC(Cc3ccccc3)CC2)CC(c2ccccc2)C1. The van der Waals surface area contributed by atoms with Crippen LogP contribution >= 0.6 is 0 Å². The Morgan fingerprint density at radius 1 is 0.806 bits per heavy atom. The Balaban J connectivity index is 1.28. The number of halogens is 1. The Morgan fingerprint density at radius 3 is 2.19 bits per heavy atom. The number of carbonyl (C=O) groups excluding carboxylic acids is 2. The fourth-order valence-electron chi connectivity index (χ4n) is 5.78. The van der Waals surface area contributed by atoms with Gasteiger partial charge in [-0.25, -0.2) is 4.39 Å². The Hall–Kier alpha value is -3.47. The van der Waals surface area contributed by atoms with E-state index in [0.29, 0.717) is 24.6 Å². The molecular weight excluding hydrogens is 451 g/mol. The molecule has 2 heterocycles. The molecule has 2 fully saturated rings. The van der Waals surface area contributed by atoms with E-state index in [-0.39, 0.29) is 23.7 Å². The molecule has 3 aromatic carbocycles. The molecule has 5 heteroatoms. The minimum absolute atomic E-state index is 0.0713. The molecule has 2 saturated heterocycles. The summed E-state index contributed by atoms with van der Waals surface area (Å²) in [4.78, 5) is 30.8. The van der Waals surface area contributed by atoms with Crippen LogP contribution in [0.25, 0.3) is 0 Å². The smallest absolute Gasteiger partial charge is 0.253 e. The average molecular weight is 485 g/mol. The van der Waals surface area contributed by atoms with Crippen LogP contribution in [0.15, 0.2) is 84.9 Å². The van der Waals surface area contributed by atoms with Crippen LogP contribution in [0, 0.1) is 17.7 Å². The summed E-state index contributed by atoms with van der Waals surface area (Å²) < 4.78 is 13.8. The summed E-state index contributed by atoms with van der Waals surface area (Å²) in [6.07, 6.45) is 3.78. The molecular formula is C31H33FN2O2. The largest absolute Gasteiger partial charge is 0.342 e. The van der Waals surface area contributed by atoms with Crippen LogP contribution < -0.4 is 0 Å². The highest BCUT2D eigenvalue weighted by molar-refractivity contribution is 5.94. The molecule has 36 heavy (non-hydrogen) atoms. The Bertz CT molecular complexity index is 1180. The van der Waals surface area contributed by atoms with Crippen molar-refractivity contribution in [1.29, 1.82) is 0 Å². The highest BCUT2D eigenvalue weighted by Crippen LogP contribution is 2.33. The quantitative estimate of drug-likeness (QED) is 0.476. The number of rotatable bonds is 5. The topological polar surface area (TPSA) is 40.6 Å². The van der Waals surface area contributed by atoms with Gasteiger partial charge in [-0.3, -0.25) is 9.59 Å². The van der Waals surface area contributed by atoms with Crippen LogP contribution in [0.4, 0.5) is 4.39 Å². The molecule has 0 radical (unpaired) electrons. The van der Waals surface area contributed by atoms with Crippen molar-refractivity contribution in [2.75, 3.05) is 26.2 Å². The van der Waals surface area contributed by atoms with E-state index in [1.807, 2.05) is 29.2 Å². The first-order valence-corrected chi connectivity index (χ1v) is 13.0. The molecule has 0 aromatic heterocycles. The van der Waals surface area contributed by atoms with E-state index < -0.39 is 5.82 Å². The molecule has 2 aliphatic heterocycles. The van der Waals surface area contributed by atoms with Crippen molar-refractivity contribution in [3.8, 4) is 0 Å². The summed E-state index contributed by atoms with van der Waals surface area (Å²) >= 11 is 0. The van der Waals surface area contributed by atoms with Crippen LogP contribution in [0.5, 0.6) is 0 Å². The molecule has 2 amide bonds. The second-order valence-corrected chi connectivity index (χ2v) is 10.2. The van der Waals surface area contributed by atoms with E-state index in [0.717, 1.165) is 44.3 Å². The van der Waals surface area contributed by atoms with Gasteiger partial charge in [-0.05, 0) is 60.9 Å². The molecule has 2 unspecified atom stereocenters. The van der Waals surface area contributed by atoms with Gasteiger partial charge in [0.15, 0.2) is 0 Å². The zero-order valence-electron chi connectivity index (χ0n) is 20.6. The minimum atomic E-state index is -0.427. The highest BCUT2D eigenvalue weighted by Gasteiger charge is 2.37. The van der Waals surface area contributed by atoms with E-state index in [9.17, 15) is 14.0 Å². The van der Waals surface area contributed by atoms with Crippen molar-refractivity contribution in [1.82, 2.24) is 9.80 Å². The zero-order chi connectivity index (χ0) is 24.9. The second kappa shape index (κ2) is 11.1. The third-order valence-electron chi connectivity index (χ3n) is 7.72. The molecule has 0 bridgehead atoms. The Kier molecular flexibility index (Phi) is 7.45. The number of likely N-dealkylation sites (tertiary alicyclic amines) is 2. The van der Waals surface area contributed by atoms with Crippen molar-refractivity contribution in [3.63, 3.8) is 0 Å². The van der Waals surface area contributed by atoms with E-state index in [4.69, 9.17) is 0 Å². The lowest BCUT2D eigenvalue weighted by Crippen LogP contribution is -2.50. The van der Waals surface area contributed by atoms with Gasteiger partial charge in [0.1, 0.15) is 5.82 Å². The van der Waals surface area contributed by atoms with Crippen LogP contribution in [-0.2, 0) is 11.2 Å². The first kappa shape index (κ1) is 24.2. The van der Waals surface area contributed by atoms with Gasteiger partial charge in [0.2, 0.25) is 5.91 Å². The molecule has 2 atom stereocenters. The molecule has 3 aromatic rings. The number of hydrogen-bond donors (Lipinski definition) is 0. The average Bonchev–Trinajstić information content (AvgIpc) is 2.93. The van der Waals surface area contributed by atoms with Gasteiger partial charge < -0.3 is 9.80 Å². The number of benzene rings is 3. The monoisotopic (exact) mass is 484 g/mol. The second-order valence-electron chi connectivity index (χ2n) is 10.2. The summed E-state index contributed by atoms with van der Waals surface area (Å²) in [6.45, 7) is 2.44. The molecule has 0 saturated carbocycles. The van der Waals surface area contributed by atoms with E-state index in [2.05, 4.69) is 36.4 Å². The van der Waals surface area contributed by atoms with Crippen molar-refractivity contribution in [2.24, 2.45) is 11.8 Å². The third kappa shape index (κ3) is 5.67. The summed E-state index contributed by atoms with van der Waals surface area (Å²) in [6, 6.07) is 26.5. The van der Waals surface area contributed by atoms with Crippen LogP contribution in [-0.4, -0.2) is 47.8 Å². The first-order chi connectivity index (χ1) is 17.6. The van der Waals surface area contributed by atoms with E-state index in [1.165, 1.54) is 17.7 Å². The summed E-state index contributed by atoms with van der Waals surface area (Å²) in [7, 11) is 0. The molecule has 186 valence electrons. The lowest BCUT2D eigenvalue weighted by molar-refractivity contribution is -0.138. The van der Waals surface area contributed by atoms with Gasteiger partial charge in [0, 0.05) is 37.7 Å². The summed E-state index contributed by atoms with van der Waals surface area (Å²) in [5, 5.41) is 0. The number of nitrogens with zero attached hydrogens (tertiary/aromatic N) is 2. The van der Waals surface area contributed by atoms with Gasteiger partial charge in [0.05, 0.1) is 5.92 Å². The van der Waals surface area contributed by atoms with Crippen LogP contribution in [0.2, 0.25) is 0 Å². The molecule has 5 rings (SSSR count). The predicted octanol–water partition coefficient (Wildman–Crippen LogP) is 5.55. The maximum absolute atomic E-state index is 13.8. The lowest BCUT2D eigenvalue weighted by Gasteiger charge is -2.41. The predicted molar refractivity (Wildman–Crippen MR) is 139 cm³/mol. The van der Waals surface area contributed by atoms with Gasteiger partial charge in [0.25, 0.3) is 5.91 Å². The zero-order valence-corrected chi connectivity index (χ0v) is 20.6. The molecule has 0 spiro atoms.